The Hall–Kier alpha value is -1.03. The van der Waals surface area contributed by atoms with E-state index >= 15 is 0 Å². The summed E-state index contributed by atoms with van der Waals surface area (Å²) < 4.78 is 15.0. The summed E-state index contributed by atoms with van der Waals surface area (Å²) in [6, 6.07) is 7.78. The van der Waals surface area contributed by atoms with Gasteiger partial charge in [-0.2, -0.15) is 0 Å². The average Bonchev–Trinajstić information content (AvgIpc) is 2.79. The lowest BCUT2D eigenvalue weighted by atomic mass is 10.3. The molecule has 0 atom stereocenters. The molecule has 1 aromatic heterocycles. The molecule has 9 heteroatoms. The van der Waals surface area contributed by atoms with Gasteiger partial charge in [0, 0.05) is 4.47 Å². The zero-order chi connectivity index (χ0) is 15.4. The standard InChI is InChI=1S/C12H8Br2FN3OS2/c13-6-5-9(21-10(6)14)11(19)17-18-12(20)16-8-4-2-1-3-7(8)15/h1-5H,(H,17,19)(H2,16,18,20). The van der Waals surface area contributed by atoms with E-state index in [2.05, 4.69) is 48.0 Å². The van der Waals surface area contributed by atoms with E-state index in [9.17, 15) is 9.18 Å². The molecule has 4 nitrogen and oxygen atoms in total. The van der Waals surface area contributed by atoms with Gasteiger partial charge in [-0.15, -0.1) is 11.3 Å². The molecule has 1 heterocycles. The number of rotatable bonds is 2. The third-order valence-corrected chi connectivity index (χ3v) is 5.74. The molecule has 21 heavy (non-hydrogen) atoms. The van der Waals surface area contributed by atoms with Crippen molar-refractivity contribution in [3.05, 3.63) is 49.3 Å². The molecule has 3 N–H and O–H groups in total. The van der Waals surface area contributed by atoms with Crippen molar-refractivity contribution in [3.8, 4) is 0 Å². The van der Waals surface area contributed by atoms with Crippen LogP contribution in [-0.2, 0) is 0 Å². The average molecular weight is 453 g/mol. The van der Waals surface area contributed by atoms with Gasteiger partial charge < -0.3 is 5.32 Å². The first-order valence-electron chi connectivity index (χ1n) is 5.54. The van der Waals surface area contributed by atoms with Crippen molar-refractivity contribution in [2.75, 3.05) is 5.32 Å². The molecule has 0 fully saturated rings. The van der Waals surface area contributed by atoms with E-state index in [1.165, 1.54) is 17.4 Å². The number of hydrogen-bond acceptors (Lipinski definition) is 3. The van der Waals surface area contributed by atoms with Crippen LogP contribution >= 0.6 is 55.4 Å². The summed E-state index contributed by atoms with van der Waals surface area (Å²) in [4.78, 5) is 12.4. The lowest BCUT2D eigenvalue weighted by Crippen LogP contribution is -2.43. The number of carbonyl (C=O) groups excluding carboxylic acids is 1. The minimum Gasteiger partial charge on any atom is -0.329 e. The first-order valence-corrected chi connectivity index (χ1v) is 8.35. The van der Waals surface area contributed by atoms with Crippen molar-refractivity contribution in [2.24, 2.45) is 0 Å². The Bertz CT molecular complexity index is 673. The molecule has 2 rings (SSSR count). The Labute approximate surface area is 146 Å². The van der Waals surface area contributed by atoms with Crippen LogP contribution < -0.4 is 16.2 Å². The van der Waals surface area contributed by atoms with E-state index in [1.54, 1.807) is 24.3 Å². The van der Waals surface area contributed by atoms with Crippen LogP contribution in [0.15, 0.2) is 38.6 Å². The normalized spacial score (nSPS) is 10.0. The molecule has 0 saturated heterocycles. The number of nitrogens with one attached hydrogen (secondary N) is 3. The summed E-state index contributed by atoms with van der Waals surface area (Å²) in [7, 11) is 0. The molecule has 0 bridgehead atoms. The minimum atomic E-state index is -0.431. The van der Waals surface area contributed by atoms with Crippen LogP contribution in [0.5, 0.6) is 0 Å². The molecular formula is C12H8Br2FN3OS2. The number of carbonyl (C=O) groups is 1. The van der Waals surface area contributed by atoms with Gasteiger partial charge in [-0.3, -0.25) is 15.6 Å². The van der Waals surface area contributed by atoms with E-state index in [-0.39, 0.29) is 16.7 Å². The van der Waals surface area contributed by atoms with Crippen LogP contribution in [0.2, 0.25) is 0 Å². The third kappa shape index (κ3) is 4.47. The molecule has 0 aliphatic carbocycles. The van der Waals surface area contributed by atoms with Crippen molar-refractivity contribution in [3.63, 3.8) is 0 Å². The van der Waals surface area contributed by atoms with Crippen molar-refractivity contribution in [1.82, 2.24) is 10.9 Å². The maximum absolute atomic E-state index is 13.4. The number of hydrazine groups is 1. The molecule has 0 unspecified atom stereocenters. The molecule has 110 valence electrons. The number of thiocarbonyl (C=S) groups is 1. The van der Waals surface area contributed by atoms with Gasteiger partial charge in [0.15, 0.2) is 5.11 Å². The number of benzene rings is 1. The van der Waals surface area contributed by atoms with Crippen molar-refractivity contribution in [1.29, 1.82) is 0 Å². The van der Waals surface area contributed by atoms with Gasteiger partial charge in [0.25, 0.3) is 5.91 Å². The highest BCUT2D eigenvalue weighted by Gasteiger charge is 2.12. The van der Waals surface area contributed by atoms with Crippen LogP contribution in [0.3, 0.4) is 0 Å². The van der Waals surface area contributed by atoms with Gasteiger partial charge >= 0.3 is 0 Å². The van der Waals surface area contributed by atoms with Crippen LogP contribution in [-0.4, -0.2) is 11.0 Å². The van der Waals surface area contributed by atoms with Crippen molar-refractivity contribution >= 4 is 72.1 Å². The summed E-state index contributed by atoms with van der Waals surface area (Å²) >= 11 is 12.9. The highest BCUT2D eigenvalue weighted by atomic mass is 79.9. The predicted octanol–water partition coefficient (Wildman–Crippen LogP) is 4.04. The Balaban J connectivity index is 1.89. The molecule has 0 saturated carbocycles. The quantitative estimate of drug-likeness (QED) is 0.475. The second kappa shape index (κ2) is 7.30. The summed E-state index contributed by atoms with van der Waals surface area (Å²) in [5.74, 6) is -0.775. The van der Waals surface area contributed by atoms with E-state index in [0.29, 0.717) is 4.88 Å². The predicted molar refractivity (Wildman–Crippen MR) is 92.9 cm³/mol. The van der Waals surface area contributed by atoms with E-state index in [1.807, 2.05) is 0 Å². The monoisotopic (exact) mass is 451 g/mol. The van der Waals surface area contributed by atoms with Gasteiger partial charge in [-0.1, -0.05) is 12.1 Å². The Morgan fingerprint density at radius 2 is 1.95 bits per heavy atom. The molecule has 1 aromatic carbocycles. The van der Waals surface area contributed by atoms with Crippen LogP contribution in [0, 0.1) is 5.82 Å². The Morgan fingerprint density at radius 1 is 1.24 bits per heavy atom. The van der Waals surface area contributed by atoms with E-state index < -0.39 is 5.82 Å². The Morgan fingerprint density at radius 3 is 2.57 bits per heavy atom. The van der Waals surface area contributed by atoms with Crippen LogP contribution in [0.25, 0.3) is 0 Å². The zero-order valence-electron chi connectivity index (χ0n) is 10.2. The van der Waals surface area contributed by atoms with Crippen LogP contribution in [0.4, 0.5) is 10.1 Å². The van der Waals surface area contributed by atoms with Gasteiger partial charge in [-0.25, -0.2) is 4.39 Å². The zero-order valence-corrected chi connectivity index (χ0v) is 15.1. The summed E-state index contributed by atoms with van der Waals surface area (Å²) in [6.07, 6.45) is 0. The van der Waals surface area contributed by atoms with Gasteiger partial charge in [-0.05, 0) is 62.3 Å². The molecule has 0 radical (unpaired) electrons. The van der Waals surface area contributed by atoms with Gasteiger partial charge in [0.2, 0.25) is 0 Å². The summed E-state index contributed by atoms with van der Waals surface area (Å²) in [5.41, 5.74) is 5.18. The number of thiophene rings is 1. The van der Waals surface area contributed by atoms with E-state index in [4.69, 9.17) is 12.2 Å². The molecule has 0 spiro atoms. The van der Waals surface area contributed by atoms with Gasteiger partial charge in [0.1, 0.15) is 5.82 Å². The first-order chi connectivity index (χ1) is 9.97. The molecular weight excluding hydrogens is 445 g/mol. The topological polar surface area (TPSA) is 53.2 Å². The second-order valence-corrected chi connectivity index (χ2v) is 7.38. The maximum Gasteiger partial charge on any atom is 0.279 e. The SMILES string of the molecule is O=C(NNC(=S)Nc1ccccc1F)c1cc(Br)c(Br)s1. The number of hydrogen-bond donors (Lipinski definition) is 3. The molecule has 1 amide bonds. The highest BCUT2D eigenvalue weighted by molar-refractivity contribution is 9.13. The fraction of sp³-hybridized carbons (Fsp3) is 0. The summed E-state index contributed by atoms with van der Waals surface area (Å²) in [6.45, 7) is 0. The van der Waals surface area contributed by atoms with Crippen molar-refractivity contribution < 1.29 is 9.18 Å². The fourth-order valence-corrected chi connectivity index (χ4v) is 3.44. The lowest BCUT2D eigenvalue weighted by Gasteiger charge is -2.11. The fourth-order valence-electron chi connectivity index (χ4n) is 1.35. The third-order valence-electron chi connectivity index (χ3n) is 2.28. The Kier molecular flexibility index (Phi) is 5.68. The highest BCUT2D eigenvalue weighted by Crippen LogP contribution is 2.32. The van der Waals surface area contributed by atoms with Crippen LogP contribution in [0.1, 0.15) is 9.67 Å². The molecule has 0 aliphatic heterocycles. The molecule has 0 aliphatic rings. The van der Waals surface area contributed by atoms with Gasteiger partial charge in [0.05, 0.1) is 14.4 Å². The summed E-state index contributed by atoms with van der Waals surface area (Å²) in [5, 5.41) is 2.74. The van der Waals surface area contributed by atoms with E-state index in [0.717, 1.165) is 8.26 Å². The maximum atomic E-state index is 13.4. The number of amides is 1. The largest absolute Gasteiger partial charge is 0.329 e. The minimum absolute atomic E-state index is 0.0862. The lowest BCUT2D eigenvalue weighted by molar-refractivity contribution is 0.0948. The number of para-hydroxylation sites is 1. The van der Waals surface area contributed by atoms with Crippen molar-refractivity contribution in [2.45, 2.75) is 0 Å². The second-order valence-electron chi connectivity index (χ2n) is 3.75. The smallest absolute Gasteiger partial charge is 0.279 e. The number of anilines is 1. The molecule has 2 aromatic rings. The number of halogens is 3. The first kappa shape index (κ1) is 16.3.